The molecule has 2 heteroatoms. The Kier molecular flexibility index (Phi) is 23.8. The third-order valence-corrected chi connectivity index (χ3v) is 5.22. The van der Waals surface area contributed by atoms with Gasteiger partial charge in [0.1, 0.15) is 0 Å². The molecule has 0 aliphatic heterocycles. The minimum Gasteiger partial charge on any atom is -0.396 e. The first-order chi connectivity index (χ1) is 12.4. The lowest BCUT2D eigenvalue weighted by Gasteiger charge is -2.05. The lowest BCUT2D eigenvalue weighted by Crippen LogP contribution is -2.16. The van der Waals surface area contributed by atoms with Crippen LogP contribution >= 0.6 is 0 Å². The molecule has 0 atom stereocenters. The first kappa shape index (κ1) is 24.9. The molecule has 0 heterocycles. The van der Waals surface area contributed by atoms with E-state index in [9.17, 15) is 0 Å². The topological polar surface area (TPSA) is 32.3 Å². The molecular formula is C23H49NO. The van der Waals surface area contributed by atoms with E-state index in [1.165, 1.54) is 116 Å². The summed E-state index contributed by atoms with van der Waals surface area (Å²) in [6, 6.07) is 0. The van der Waals surface area contributed by atoms with Gasteiger partial charge in [-0.05, 0) is 38.8 Å². The van der Waals surface area contributed by atoms with Crippen molar-refractivity contribution in [1.82, 2.24) is 5.32 Å². The van der Waals surface area contributed by atoms with Gasteiger partial charge in [0, 0.05) is 6.61 Å². The highest BCUT2D eigenvalue weighted by atomic mass is 16.2. The van der Waals surface area contributed by atoms with Gasteiger partial charge in [-0.25, -0.2) is 0 Å². The van der Waals surface area contributed by atoms with Gasteiger partial charge >= 0.3 is 0 Å². The molecule has 0 aromatic heterocycles. The van der Waals surface area contributed by atoms with Crippen LogP contribution < -0.4 is 5.32 Å². The molecule has 0 spiro atoms. The van der Waals surface area contributed by atoms with E-state index < -0.39 is 0 Å². The zero-order chi connectivity index (χ0) is 18.3. The number of rotatable bonds is 22. The van der Waals surface area contributed by atoms with Crippen molar-refractivity contribution in [2.24, 2.45) is 0 Å². The third-order valence-electron chi connectivity index (χ3n) is 5.22. The zero-order valence-electron chi connectivity index (χ0n) is 17.5. The summed E-state index contributed by atoms with van der Waals surface area (Å²) in [5, 5.41) is 12.2. The summed E-state index contributed by atoms with van der Waals surface area (Å²) < 4.78 is 0. The summed E-state index contributed by atoms with van der Waals surface area (Å²) >= 11 is 0. The summed E-state index contributed by atoms with van der Waals surface area (Å²) in [5.74, 6) is 0. The Balaban J connectivity index is 2.94. The quantitative estimate of drug-likeness (QED) is 0.205. The van der Waals surface area contributed by atoms with E-state index in [1.54, 1.807) is 0 Å². The van der Waals surface area contributed by atoms with E-state index in [0.717, 1.165) is 19.4 Å². The second kappa shape index (κ2) is 23.9. The van der Waals surface area contributed by atoms with Crippen LogP contribution in [-0.4, -0.2) is 24.8 Å². The molecular weight excluding hydrogens is 306 g/mol. The van der Waals surface area contributed by atoms with Gasteiger partial charge in [0.15, 0.2) is 0 Å². The highest BCUT2D eigenvalue weighted by Gasteiger charge is 1.95. The van der Waals surface area contributed by atoms with Gasteiger partial charge in [-0.15, -0.1) is 0 Å². The second-order valence-electron chi connectivity index (χ2n) is 7.84. The minimum atomic E-state index is 0.346. The molecule has 0 saturated heterocycles. The molecule has 25 heavy (non-hydrogen) atoms. The molecule has 0 aromatic carbocycles. The number of unbranched alkanes of at least 4 members (excludes halogenated alkanes) is 17. The Morgan fingerprint density at radius 1 is 0.440 bits per heavy atom. The van der Waals surface area contributed by atoms with Crippen molar-refractivity contribution >= 4 is 0 Å². The third kappa shape index (κ3) is 23.9. The Morgan fingerprint density at radius 3 is 1.12 bits per heavy atom. The molecule has 0 aliphatic carbocycles. The summed E-state index contributed by atoms with van der Waals surface area (Å²) in [6.07, 6.45) is 26.3. The van der Waals surface area contributed by atoms with Crippen molar-refractivity contribution in [3.8, 4) is 0 Å². The van der Waals surface area contributed by atoms with Crippen molar-refractivity contribution < 1.29 is 5.11 Å². The van der Waals surface area contributed by atoms with Crippen LogP contribution in [0.3, 0.4) is 0 Å². The van der Waals surface area contributed by atoms with E-state index in [4.69, 9.17) is 5.11 Å². The molecule has 0 radical (unpaired) electrons. The lowest BCUT2D eigenvalue weighted by molar-refractivity contribution is 0.283. The van der Waals surface area contributed by atoms with Crippen LogP contribution in [0.15, 0.2) is 0 Å². The van der Waals surface area contributed by atoms with Crippen LogP contribution in [0, 0.1) is 0 Å². The number of aliphatic hydroxyl groups is 1. The zero-order valence-corrected chi connectivity index (χ0v) is 17.5. The molecule has 0 bridgehead atoms. The molecule has 0 rings (SSSR count). The first-order valence-electron chi connectivity index (χ1n) is 11.7. The number of hydrogen-bond acceptors (Lipinski definition) is 2. The van der Waals surface area contributed by atoms with Gasteiger partial charge in [-0.2, -0.15) is 0 Å². The SMILES string of the molecule is CCCCCCCCCCCCCCCCCCNCCCCCO. The molecule has 0 saturated carbocycles. The van der Waals surface area contributed by atoms with Gasteiger partial charge in [-0.3, -0.25) is 0 Å². The second-order valence-corrected chi connectivity index (χ2v) is 7.84. The van der Waals surface area contributed by atoms with Crippen LogP contribution in [0.25, 0.3) is 0 Å². The average molecular weight is 356 g/mol. The maximum Gasteiger partial charge on any atom is 0.0431 e. The summed E-state index contributed by atoms with van der Waals surface area (Å²) in [4.78, 5) is 0. The normalized spacial score (nSPS) is 11.3. The van der Waals surface area contributed by atoms with Gasteiger partial charge < -0.3 is 10.4 Å². The van der Waals surface area contributed by atoms with E-state index in [0.29, 0.717) is 6.61 Å². The molecule has 0 fully saturated rings. The fourth-order valence-corrected chi connectivity index (χ4v) is 3.46. The minimum absolute atomic E-state index is 0.346. The molecule has 0 unspecified atom stereocenters. The van der Waals surface area contributed by atoms with Gasteiger partial charge in [-0.1, -0.05) is 103 Å². The first-order valence-corrected chi connectivity index (χ1v) is 11.7. The molecule has 2 nitrogen and oxygen atoms in total. The predicted molar refractivity (Wildman–Crippen MR) is 113 cm³/mol. The van der Waals surface area contributed by atoms with E-state index in [-0.39, 0.29) is 0 Å². The smallest absolute Gasteiger partial charge is 0.0431 e. The Bertz CT molecular complexity index is 198. The van der Waals surface area contributed by atoms with Crippen molar-refractivity contribution in [3.63, 3.8) is 0 Å². The summed E-state index contributed by atoms with van der Waals surface area (Å²) in [6.45, 7) is 4.94. The fourth-order valence-electron chi connectivity index (χ4n) is 3.46. The van der Waals surface area contributed by atoms with Crippen LogP contribution in [0.1, 0.15) is 129 Å². The van der Waals surface area contributed by atoms with Crippen LogP contribution in [0.2, 0.25) is 0 Å². The van der Waals surface area contributed by atoms with Crippen molar-refractivity contribution in [3.05, 3.63) is 0 Å². The van der Waals surface area contributed by atoms with Gasteiger partial charge in [0.05, 0.1) is 0 Å². The predicted octanol–water partition coefficient (Wildman–Crippen LogP) is 7.00. The highest BCUT2D eigenvalue weighted by molar-refractivity contribution is 4.52. The maximum atomic E-state index is 8.70. The lowest BCUT2D eigenvalue weighted by atomic mass is 10.0. The van der Waals surface area contributed by atoms with E-state index in [1.807, 2.05) is 0 Å². The van der Waals surface area contributed by atoms with E-state index in [2.05, 4.69) is 12.2 Å². The molecule has 0 aromatic rings. The molecule has 152 valence electrons. The van der Waals surface area contributed by atoms with Crippen LogP contribution in [0.4, 0.5) is 0 Å². The van der Waals surface area contributed by atoms with Crippen molar-refractivity contribution in [2.45, 2.75) is 129 Å². The van der Waals surface area contributed by atoms with Gasteiger partial charge in [0.25, 0.3) is 0 Å². The maximum absolute atomic E-state index is 8.70. The molecule has 0 amide bonds. The van der Waals surface area contributed by atoms with Gasteiger partial charge in [0.2, 0.25) is 0 Å². The van der Waals surface area contributed by atoms with E-state index >= 15 is 0 Å². The number of hydrogen-bond donors (Lipinski definition) is 2. The standard InChI is InChI=1S/C23H49NO/c1-2-3-4-5-6-7-8-9-10-11-12-13-14-15-16-18-21-24-22-19-17-20-23-25/h24-25H,2-23H2,1H3. The largest absolute Gasteiger partial charge is 0.396 e. The summed E-state index contributed by atoms with van der Waals surface area (Å²) in [5.41, 5.74) is 0. The Morgan fingerprint density at radius 2 is 0.760 bits per heavy atom. The van der Waals surface area contributed by atoms with Crippen LogP contribution in [-0.2, 0) is 0 Å². The molecule has 0 aliphatic rings. The van der Waals surface area contributed by atoms with Crippen LogP contribution in [0.5, 0.6) is 0 Å². The monoisotopic (exact) mass is 355 g/mol. The Labute approximate surface area is 159 Å². The molecule has 2 N–H and O–H groups in total. The van der Waals surface area contributed by atoms with Crippen molar-refractivity contribution in [2.75, 3.05) is 19.7 Å². The number of aliphatic hydroxyl groups excluding tert-OH is 1. The van der Waals surface area contributed by atoms with Crippen molar-refractivity contribution in [1.29, 1.82) is 0 Å². The summed E-state index contributed by atoms with van der Waals surface area (Å²) in [7, 11) is 0. The number of nitrogens with one attached hydrogen (secondary N) is 1. The Hall–Kier alpha value is -0.0800. The highest BCUT2D eigenvalue weighted by Crippen LogP contribution is 2.13. The average Bonchev–Trinajstić information content (AvgIpc) is 2.63. The fraction of sp³-hybridized carbons (Fsp3) is 1.00.